The van der Waals surface area contributed by atoms with Gasteiger partial charge in [0, 0.05) is 18.5 Å². The topological polar surface area (TPSA) is 39.1 Å². The third-order valence-electron chi connectivity index (χ3n) is 4.31. The van der Waals surface area contributed by atoms with Gasteiger partial charge in [-0.15, -0.1) is 17.5 Å². The summed E-state index contributed by atoms with van der Waals surface area (Å²) >= 11 is 0. The quantitative estimate of drug-likeness (QED) is 0.766. The minimum atomic E-state index is -0.658. The van der Waals surface area contributed by atoms with E-state index in [2.05, 4.69) is 10.4 Å². The lowest BCUT2D eigenvalue weighted by Crippen LogP contribution is -2.15. The number of nitrogens with one attached hydrogen (secondary N) is 1. The number of rotatable bonds is 4. The SMILES string of the molecule is Cl.Fc1ccc(-n2nc(OC[C@@H]3CCNC3)c3ccccc32)c(F)c1. The lowest BCUT2D eigenvalue weighted by molar-refractivity contribution is 0.252. The fourth-order valence-corrected chi connectivity index (χ4v) is 3.03. The third kappa shape index (κ3) is 3.45. The Morgan fingerprint density at radius 2 is 2.04 bits per heavy atom. The van der Waals surface area contributed by atoms with Gasteiger partial charge in [-0.1, -0.05) is 12.1 Å². The first-order valence-corrected chi connectivity index (χ1v) is 7.99. The Bertz CT molecular complexity index is 878. The Morgan fingerprint density at radius 3 is 2.80 bits per heavy atom. The summed E-state index contributed by atoms with van der Waals surface area (Å²) in [5, 5.41) is 8.53. The van der Waals surface area contributed by atoms with E-state index in [0.29, 0.717) is 18.4 Å². The molecule has 1 saturated heterocycles. The second-order valence-corrected chi connectivity index (χ2v) is 6.00. The maximum Gasteiger partial charge on any atom is 0.241 e. The molecule has 0 aliphatic carbocycles. The van der Waals surface area contributed by atoms with Gasteiger partial charge in [0.15, 0.2) is 5.82 Å². The average Bonchev–Trinajstić information content (AvgIpc) is 3.21. The molecule has 4 nitrogen and oxygen atoms in total. The predicted molar refractivity (Wildman–Crippen MR) is 94.7 cm³/mol. The molecule has 1 N–H and O–H groups in total. The van der Waals surface area contributed by atoms with Crippen molar-refractivity contribution < 1.29 is 13.5 Å². The van der Waals surface area contributed by atoms with Crippen LogP contribution in [0, 0.1) is 17.6 Å². The molecule has 2 aromatic carbocycles. The summed E-state index contributed by atoms with van der Waals surface area (Å²) in [5.74, 6) is -0.342. The van der Waals surface area contributed by atoms with Crippen molar-refractivity contribution in [1.82, 2.24) is 15.1 Å². The molecule has 0 bridgehead atoms. The Balaban J connectivity index is 0.00000182. The molecule has 1 fully saturated rings. The summed E-state index contributed by atoms with van der Waals surface area (Å²) in [5.41, 5.74) is 0.924. The molecule has 3 aromatic rings. The number of fused-ring (bicyclic) bond motifs is 1. The van der Waals surface area contributed by atoms with Gasteiger partial charge in [0.2, 0.25) is 5.88 Å². The Kier molecular flexibility index (Phi) is 5.20. The summed E-state index contributed by atoms with van der Waals surface area (Å²) in [6.07, 6.45) is 1.07. The smallest absolute Gasteiger partial charge is 0.241 e. The zero-order valence-corrected chi connectivity index (χ0v) is 14.2. The molecule has 0 unspecified atom stereocenters. The van der Waals surface area contributed by atoms with E-state index in [0.717, 1.165) is 36.5 Å². The zero-order chi connectivity index (χ0) is 16.5. The summed E-state index contributed by atoms with van der Waals surface area (Å²) < 4.78 is 34.7. The fraction of sp³-hybridized carbons (Fsp3) is 0.278. The monoisotopic (exact) mass is 365 g/mol. The molecule has 0 amide bonds. The van der Waals surface area contributed by atoms with Gasteiger partial charge in [0.05, 0.1) is 17.5 Å². The lowest BCUT2D eigenvalue weighted by atomic mass is 10.1. The highest BCUT2D eigenvalue weighted by Crippen LogP contribution is 2.29. The fourth-order valence-electron chi connectivity index (χ4n) is 3.03. The van der Waals surface area contributed by atoms with Crippen molar-refractivity contribution in [2.75, 3.05) is 19.7 Å². The normalized spacial score (nSPS) is 16.8. The van der Waals surface area contributed by atoms with Crippen LogP contribution in [-0.4, -0.2) is 29.5 Å². The van der Waals surface area contributed by atoms with Crippen LogP contribution in [0.2, 0.25) is 0 Å². The van der Waals surface area contributed by atoms with Crippen LogP contribution < -0.4 is 10.1 Å². The number of halogens is 3. The lowest BCUT2D eigenvalue weighted by Gasteiger charge is -2.08. The highest BCUT2D eigenvalue weighted by atomic mass is 35.5. The number of ether oxygens (including phenoxy) is 1. The van der Waals surface area contributed by atoms with E-state index < -0.39 is 11.6 Å². The molecule has 2 heterocycles. The van der Waals surface area contributed by atoms with Gasteiger partial charge in [-0.25, -0.2) is 13.5 Å². The van der Waals surface area contributed by atoms with Crippen LogP contribution in [0.3, 0.4) is 0 Å². The van der Waals surface area contributed by atoms with Crippen molar-refractivity contribution in [3.8, 4) is 11.6 Å². The largest absolute Gasteiger partial charge is 0.476 e. The van der Waals surface area contributed by atoms with Gasteiger partial charge < -0.3 is 10.1 Å². The highest BCUT2D eigenvalue weighted by molar-refractivity contribution is 5.86. The van der Waals surface area contributed by atoms with E-state index in [9.17, 15) is 8.78 Å². The van der Waals surface area contributed by atoms with Gasteiger partial charge in [0.1, 0.15) is 11.5 Å². The zero-order valence-electron chi connectivity index (χ0n) is 13.4. The van der Waals surface area contributed by atoms with E-state index in [4.69, 9.17) is 4.74 Å². The summed E-state index contributed by atoms with van der Waals surface area (Å²) in [4.78, 5) is 0. The molecular formula is C18H18ClF2N3O. The van der Waals surface area contributed by atoms with Crippen LogP contribution in [0.5, 0.6) is 5.88 Å². The maximum atomic E-state index is 14.2. The standard InChI is InChI=1S/C18H17F2N3O.ClH/c19-13-5-6-17(15(20)9-13)23-16-4-2-1-3-14(16)18(22-23)24-11-12-7-8-21-10-12;/h1-6,9,12,21H,7-8,10-11H2;1H/t12-;/m1./s1. The molecule has 1 aliphatic rings. The van der Waals surface area contributed by atoms with Crippen LogP contribution in [-0.2, 0) is 0 Å². The molecule has 1 aromatic heterocycles. The summed E-state index contributed by atoms with van der Waals surface area (Å²) in [7, 11) is 0. The Hall–Kier alpha value is -2.18. The first-order chi connectivity index (χ1) is 11.7. The Morgan fingerprint density at radius 1 is 1.20 bits per heavy atom. The number of nitrogens with zero attached hydrogens (tertiary/aromatic N) is 2. The van der Waals surface area contributed by atoms with E-state index in [1.807, 2.05) is 24.3 Å². The molecule has 132 valence electrons. The van der Waals surface area contributed by atoms with Crippen molar-refractivity contribution in [3.05, 3.63) is 54.1 Å². The minimum absolute atomic E-state index is 0. The van der Waals surface area contributed by atoms with Crippen LogP contribution in [0.4, 0.5) is 8.78 Å². The maximum absolute atomic E-state index is 14.2. The molecule has 0 saturated carbocycles. The van der Waals surface area contributed by atoms with Crippen LogP contribution >= 0.6 is 12.4 Å². The van der Waals surface area contributed by atoms with E-state index >= 15 is 0 Å². The van der Waals surface area contributed by atoms with E-state index in [-0.39, 0.29) is 18.1 Å². The van der Waals surface area contributed by atoms with Gasteiger partial charge in [-0.3, -0.25) is 0 Å². The van der Waals surface area contributed by atoms with Gasteiger partial charge >= 0.3 is 0 Å². The van der Waals surface area contributed by atoms with Crippen LogP contribution in [0.25, 0.3) is 16.6 Å². The van der Waals surface area contributed by atoms with Crippen molar-refractivity contribution in [3.63, 3.8) is 0 Å². The first kappa shape index (κ1) is 17.6. The highest BCUT2D eigenvalue weighted by Gasteiger charge is 2.19. The molecule has 1 atom stereocenters. The number of benzene rings is 2. The molecule has 25 heavy (non-hydrogen) atoms. The minimum Gasteiger partial charge on any atom is -0.476 e. The Labute approximate surface area is 150 Å². The molecule has 4 rings (SSSR count). The van der Waals surface area contributed by atoms with Gasteiger partial charge in [-0.2, -0.15) is 0 Å². The second-order valence-electron chi connectivity index (χ2n) is 6.00. The van der Waals surface area contributed by atoms with Crippen LogP contribution in [0.1, 0.15) is 6.42 Å². The number of hydrogen-bond donors (Lipinski definition) is 1. The second kappa shape index (κ2) is 7.37. The van der Waals surface area contributed by atoms with E-state index in [1.54, 1.807) is 0 Å². The van der Waals surface area contributed by atoms with E-state index in [1.165, 1.54) is 16.8 Å². The molecule has 0 radical (unpaired) electrons. The number of hydrogen-bond acceptors (Lipinski definition) is 3. The molecule has 7 heteroatoms. The van der Waals surface area contributed by atoms with Crippen molar-refractivity contribution in [2.45, 2.75) is 6.42 Å². The summed E-state index contributed by atoms with van der Waals surface area (Å²) in [6.45, 7) is 2.51. The van der Waals surface area contributed by atoms with Crippen molar-refractivity contribution >= 4 is 23.3 Å². The van der Waals surface area contributed by atoms with Crippen molar-refractivity contribution in [1.29, 1.82) is 0 Å². The number of para-hydroxylation sites is 1. The summed E-state index contributed by atoms with van der Waals surface area (Å²) in [6, 6.07) is 10.9. The first-order valence-electron chi connectivity index (χ1n) is 7.99. The van der Waals surface area contributed by atoms with Crippen molar-refractivity contribution in [2.24, 2.45) is 5.92 Å². The molecule has 0 spiro atoms. The van der Waals surface area contributed by atoms with Crippen LogP contribution in [0.15, 0.2) is 42.5 Å². The third-order valence-corrected chi connectivity index (χ3v) is 4.31. The molecular weight excluding hydrogens is 348 g/mol. The van der Waals surface area contributed by atoms with Gasteiger partial charge in [0.25, 0.3) is 0 Å². The average molecular weight is 366 g/mol. The predicted octanol–water partition coefficient (Wildman–Crippen LogP) is 3.71. The number of aromatic nitrogens is 2. The van der Waals surface area contributed by atoms with Gasteiger partial charge in [-0.05, 0) is 37.2 Å². The molecule has 1 aliphatic heterocycles.